The van der Waals surface area contributed by atoms with Crippen LogP contribution in [0.4, 0.5) is 0 Å². The summed E-state index contributed by atoms with van der Waals surface area (Å²) in [6.07, 6.45) is 1.09. The van der Waals surface area contributed by atoms with Crippen LogP contribution in [-0.4, -0.2) is 25.3 Å². The smallest absolute Gasteiger partial charge is 0.306 e. The van der Waals surface area contributed by atoms with E-state index < -0.39 is 5.97 Å². The van der Waals surface area contributed by atoms with E-state index >= 15 is 0 Å². The van der Waals surface area contributed by atoms with Crippen molar-refractivity contribution < 1.29 is 19.4 Å². The van der Waals surface area contributed by atoms with E-state index in [-0.39, 0.29) is 5.92 Å². The summed E-state index contributed by atoms with van der Waals surface area (Å²) in [4.78, 5) is 11.0. The number of benzene rings is 1. The summed E-state index contributed by atoms with van der Waals surface area (Å²) in [6, 6.07) is 5.45. The molecular weight excluding hydrogens is 220 g/mol. The lowest BCUT2D eigenvalue weighted by Crippen LogP contribution is -2.15. The van der Waals surface area contributed by atoms with E-state index in [1.807, 2.05) is 19.1 Å². The first-order valence-corrected chi connectivity index (χ1v) is 5.55. The molecular formula is C13H18O4. The van der Waals surface area contributed by atoms with Gasteiger partial charge in [-0.2, -0.15) is 0 Å². The number of hydrogen-bond donors (Lipinski definition) is 1. The molecule has 0 aliphatic heterocycles. The second-order valence-electron chi connectivity index (χ2n) is 3.87. The summed E-state index contributed by atoms with van der Waals surface area (Å²) in [6.45, 7) is 1.87. The summed E-state index contributed by atoms with van der Waals surface area (Å²) < 4.78 is 10.3. The SMILES string of the molecule is CCC(Cc1cc(OC)cc(OC)c1)C(=O)O. The van der Waals surface area contributed by atoms with Crippen molar-refractivity contribution in [3.63, 3.8) is 0 Å². The van der Waals surface area contributed by atoms with Crippen LogP contribution in [0.2, 0.25) is 0 Å². The van der Waals surface area contributed by atoms with Crippen molar-refractivity contribution in [2.45, 2.75) is 19.8 Å². The van der Waals surface area contributed by atoms with Crippen molar-refractivity contribution in [1.29, 1.82) is 0 Å². The summed E-state index contributed by atoms with van der Waals surface area (Å²) in [5.41, 5.74) is 0.912. The monoisotopic (exact) mass is 238 g/mol. The van der Waals surface area contributed by atoms with Gasteiger partial charge >= 0.3 is 5.97 Å². The van der Waals surface area contributed by atoms with Gasteiger partial charge in [0, 0.05) is 6.07 Å². The quantitative estimate of drug-likeness (QED) is 0.826. The Morgan fingerprint density at radius 2 is 1.76 bits per heavy atom. The van der Waals surface area contributed by atoms with Gasteiger partial charge in [-0.25, -0.2) is 0 Å². The van der Waals surface area contributed by atoms with E-state index in [9.17, 15) is 4.79 Å². The standard InChI is InChI=1S/C13H18O4/c1-4-10(13(14)15)5-9-6-11(16-2)8-12(7-9)17-3/h6-8,10H,4-5H2,1-3H3,(H,14,15). The summed E-state index contributed by atoms with van der Waals surface area (Å²) in [7, 11) is 3.15. The molecule has 0 bridgehead atoms. The molecule has 0 fully saturated rings. The van der Waals surface area contributed by atoms with Crippen molar-refractivity contribution in [2.24, 2.45) is 5.92 Å². The highest BCUT2D eigenvalue weighted by molar-refractivity contribution is 5.70. The number of methoxy groups -OCH3 is 2. The Hall–Kier alpha value is -1.71. The zero-order valence-corrected chi connectivity index (χ0v) is 10.4. The Kier molecular flexibility index (Phi) is 4.82. The first-order valence-electron chi connectivity index (χ1n) is 5.55. The molecule has 4 nitrogen and oxygen atoms in total. The normalized spacial score (nSPS) is 11.9. The second-order valence-corrected chi connectivity index (χ2v) is 3.87. The highest BCUT2D eigenvalue weighted by Crippen LogP contribution is 2.24. The van der Waals surface area contributed by atoms with Gasteiger partial charge in [-0.05, 0) is 30.5 Å². The predicted molar refractivity (Wildman–Crippen MR) is 64.7 cm³/mol. The van der Waals surface area contributed by atoms with E-state index in [1.54, 1.807) is 20.3 Å². The summed E-state index contributed by atoms with van der Waals surface area (Å²) >= 11 is 0. The van der Waals surface area contributed by atoms with Crippen LogP contribution in [0.15, 0.2) is 18.2 Å². The van der Waals surface area contributed by atoms with Crippen molar-refractivity contribution in [3.8, 4) is 11.5 Å². The zero-order valence-electron chi connectivity index (χ0n) is 10.4. The minimum atomic E-state index is -0.769. The minimum Gasteiger partial charge on any atom is -0.497 e. The average Bonchev–Trinajstić information content (AvgIpc) is 2.34. The maximum absolute atomic E-state index is 11.0. The van der Waals surface area contributed by atoms with Crippen LogP contribution in [0, 0.1) is 5.92 Å². The van der Waals surface area contributed by atoms with E-state index in [4.69, 9.17) is 14.6 Å². The van der Waals surface area contributed by atoms with Gasteiger partial charge < -0.3 is 14.6 Å². The van der Waals surface area contributed by atoms with Gasteiger partial charge in [0.2, 0.25) is 0 Å². The molecule has 94 valence electrons. The summed E-state index contributed by atoms with van der Waals surface area (Å²) in [5.74, 6) is 0.222. The predicted octanol–water partition coefficient (Wildman–Crippen LogP) is 2.36. The topological polar surface area (TPSA) is 55.8 Å². The maximum atomic E-state index is 11.0. The molecule has 0 saturated carbocycles. The van der Waals surface area contributed by atoms with E-state index in [0.717, 1.165) is 5.56 Å². The number of hydrogen-bond acceptors (Lipinski definition) is 3. The number of carboxylic acids is 1. The first-order chi connectivity index (χ1) is 8.10. The third kappa shape index (κ3) is 3.66. The van der Waals surface area contributed by atoms with Crippen molar-refractivity contribution in [1.82, 2.24) is 0 Å². The lowest BCUT2D eigenvalue weighted by atomic mass is 9.97. The maximum Gasteiger partial charge on any atom is 0.306 e. The van der Waals surface area contributed by atoms with Gasteiger partial charge in [0.05, 0.1) is 20.1 Å². The second kappa shape index (κ2) is 6.13. The van der Waals surface area contributed by atoms with E-state index in [0.29, 0.717) is 24.3 Å². The van der Waals surface area contributed by atoms with Gasteiger partial charge in [-0.3, -0.25) is 4.79 Å². The van der Waals surface area contributed by atoms with Crippen LogP contribution in [0.3, 0.4) is 0 Å². The lowest BCUT2D eigenvalue weighted by Gasteiger charge is -2.12. The number of ether oxygens (including phenoxy) is 2. The fourth-order valence-corrected chi connectivity index (χ4v) is 1.68. The number of carboxylic acid groups (broad SMARTS) is 1. The van der Waals surface area contributed by atoms with Gasteiger partial charge in [-0.1, -0.05) is 6.92 Å². The van der Waals surface area contributed by atoms with Crippen LogP contribution < -0.4 is 9.47 Å². The molecule has 1 N–H and O–H groups in total. The molecule has 1 rings (SSSR count). The fraction of sp³-hybridized carbons (Fsp3) is 0.462. The van der Waals surface area contributed by atoms with Crippen LogP contribution in [0.5, 0.6) is 11.5 Å². The Balaban J connectivity index is 2.92. The van der Waals surface area contributed by atoms with Gasteiger partial charge in [0.1, 0.15) is 11.5 Å². The molecule has 1 aromatic carbocycles. The van der Waals surface area contributed by atoms with Crippen molar-refractivity contribution in [2.75, 3.05) is 14.2 Å². The molecule has 1 aromatic rings. The van der Waals surface area contributed by atoms with E-state index in [1.165, 1.54) is 0 Å². The molecule has 17 heavy (non-hydrogen) atoms. The van der Waals surface area contributed by atoms with Crippen LogP contribution >= 0.6 is 0 Å². The highest BCUT2D eigenvalue weighted by Gasteiger charge is 2.16. The van der Waals surface area contributed by atoms with Crippen molar-refractivity contribution in [3.05, 3.63) is 23.8 Å². The molecule has 0 saturated heterocycles. The van der Waals surface area contributed by atoms with Gasteiger partial charge in [-0.15, -0.1) is 0 Å². The minimum absolute atomic E-state index is 0.369. The first kappa shape index (κ1) is 13.4. The fourth-order valence-electron chi connectivity index (χ4n) is 1.68. The third-order valence-corrected chi connectivity index (χ3v) is 2.74. The summed E-state index contributed by atoms with van der Waals surface area (Å²) in [5, 5.41) is 9.03. The number of carbonyl (C=O) groups is 1. The molecule has 0 aliphatic carbocycles. The molecule has 0 spiro atoms. The zero-order chi connectivity index (χ0) is 12.8. The number of aliphatic carboxylic acids is 1. The van der Waals surface area contributed by atoms with Crippen molar-refractivity contribution >= 4 is 5.97 Å². The molecule has 0 heterocycles. The molecule has 0 amide bonds. The molecule has 0 aromatic heterocycles. The Morgan fingerprint density at radius 3 is 2.12 bits per heavy atom. The lowest BCUT2D eigenvalue weighted by molar-refractivity contribution is -0.141. The molecule has 0 aliphatic rings. The molecule has 1 unspecified atom stereocenters. The average molecular weight is 238 g/mol. The largest absolute Gasteiger partial charge is 0.497 e. The molecule has 4 heteroatoms. The van der Waals surface area contributed by atoms with Crippen LogP contribution in [-0.2, 0) is 11.2 Å². The molecule has 0 radical (unpaired) electrons. The van der Waals surface area contributed by atoms with Crippen LogP contribution in [0.1, 0.15) is 18.9 Å². The highest BCUT2D eigenvalue weighted by atomic mass is 16.5. The third-order valence-electron chi connectivity index (χ3n) is 2.74. The molecule has 1 atom stereocenters. The van der Waals surface area contributed by atoms with Crippen LogP contribution in [0.25, 0.3) is 0 Å². The van der Waals surface area contributed by atoms with Gasteiger partial charge in [0.25, 0.3) is 0 Å². The Bertz CT molecular complexity index is 365. The number of rotatable bonds is 6. The van der Waals surface area contributed by atoms with Gasteiger partial charge in [0.15, 0.2) is 0 Å². The Labute approximate surface area is 101 Å². The Morgan fingerprint density at radius 1 is 1.24 bits per heavy atom. The van der Waals surface area contributed by atoms with E-state index in [2.05, 4.69) is 0 Å².